The summed E-state index contributed by atoms with van der Waals surface area (Å²) in [5.41, 5.74) is 4.55. The number of aromatic amines is 1. The standard InChI is InChI=1S/C22H23N3O3S/c1-4-28-22(27)19-16-6-5-7-18(16)29-20(19)23-12-17-14(3)24-25(21(17)26)15-10-8-13(2)9-11-15/h8-12,24H,4-7H2,1-3H3/b23-12+. The summed E-state index contributed by atoms with van der Waals surface area (Å²) in [6.45, 7) is 5.97. The average molecular weight is 410 g/mol. The summed E-state index contributed by atoms with van der Waals surface area (Å²) in [5.74, 6) is -0.332. The largest absolute Gasteiger partial charge is 0.462 e. The van der Waals surface area contributed by atoms with Gasteiger partial charge in [-0.2, -0.15) is 0 Å². The third-order valence-electron chi connectivity index (χ3n) is 5.10. The smallest absolute Gasteiger partial charge is 0.341 e. The second kappa shape index (κ2) is 7.83. The number of hydrogen-bond donors (Lipinski definition) is 1. The Morgan fingerprint density at radius 1 is 1.28 bits per heavy atom. The van der Waals surface area contributed by atoms with Gasteiger partial charge < -0.3 is 4.74 Å². The van der Waals surface area contributed by atoms with Gasteiger partial charge in [-0.3, -0.25) is 9.89 Å². The molecule has 3 aromatic rings. The van der Waals surface area contributed by atoms with Crippen molar-refractivity contribution in [3.8, 4) is 5.69 Å². The summed E-state index contributed by atoms with van der Waals surface area (Å²) in [6, 6.07) is 7.72. The third kappa shape index (κ3) is 3.58. The minimum Gasteiger partial charge on any atom is -0.462 e. The fourth-order valence-corrected chi connectivity index (χ4v) is 4.83. The van der Waals surface area contributed by atoms with E-state index in [1.807, 2.05) is 38.1 Å². The van der Waals surface area contributed by atoms with E-state index in [0.717, 1.165) is 41.8 Å². The molecule has 0 spiro atoms. The molecular weight excluding hydrogens is 386 g/mol. The first-order valence-electron chi connectivity index (χ1n) is 9.74. The van der Waals surface area contributed by atoms with Crippen LogP contribution in [-0.2, 0) is 17.6 Å². The fourth-order valence-electron chi connectivity index (χ4n) is 3.60. The third-order valence-corrected chi connectivity index (χ3v) is 6.30. The monoisotopic (exact) mass is 409 g/mol. The number of esters is 1. The van der Waals surface area contributed by atoms with Crippen LogP contribution in [0.3, 0.4) is 0 Å². The van der Waals surface area contributed by atoms with Crippen molar-refractivity contribution in [3.05, 3.63) is 67.4 Å². The minimum atomic E-state index is -0.332. The van der Waals surface area contributed by atoms with Crippen molar-refractivity contribution in [2.45, 2.75) is 40.0 Å². The van der Waals surface area contributed by atoms with E-state index < -0.39 is 0 Å². The molecule has 6 nitrogen and oxygen atoms in total. The number of nitrogens with one attached hydrogen (secondary N) is 1. The van der Waals surface area contributed by atoms with E-state index in [1.165, 1.54) is 20.9 Å². The number of aliphatic imine (C=N–C) groups is 1. The molecule has 2 heterocycles. The van der Waals surface area contributed by atoms with Crippen LogP contribution in [-0.4, -0.2) is 28.6 Å². The number of rotatable bonds is 5. The number of fused-ring (bicyclic) bond motifs is 1. The number of ether oxygens (including phenoxy) is 1. The average Bonchev–Trinajstić information content (AvgIpc) is 3.34. The van der Waals surface area contributed by atoms with Crippen LogP contribution in [0.4, 0.5) is 5.00 Å². The molecule has 0 atom stereocenters. The number of nitrogens with zero attached hydrogens (tertiary/aromatic N) is 2. The number of carbonyl (C=O) groups excluding carboxylic acids is 1. The van der Waals surface area contributed by atoms with Crippen molar-refractivity contribution in [2.24, 2.45) is 4.99 Å². The number of aryl methyl sites for hydroxylation is 3. The number of hydrogen-bond acceptors (Lipinski definition) is 5. The Balaban J connectivity index is 1.71. The summed E-state index contributed by atoms with van der Waals surface area (Å²) in [7, 11) is 0. The van der Waals surface area contributed by atoms with Crippen LogP contribution in [0.2, 0.25) is 0 Å². The molecule has 2 aromatic heterocycles. The van der Waals surface area contributed by atoms with Crippen LogP contribution in [0.5, 0.6) is 0 Å². The highest BCUT2D eigenvalue weighted by Gasteiger charge is 2.27. The van der Waals surface area contributed by atoms with Gasteiger partial charge in [-0.15, -0.1) is 11.3 Å². The highest BCUT2D eigenvalue weighted by Crippen LogP contribution is 2.41. The maximum Gasteiger partial charge on any atom is 0.341 e. The van der Waals surface area contributed by atoms with Gasteiger partial charge in [0, 0.05) is 16.8 Å². The Kier molecular flexibility index (Phi) is 5.24. The Bertz CT molecular complexity index is 1150. The molecule has 1 aliphatic carbocycles. The molecule has 150 valence electrons. The number of aromatic nitrogens is 2. The Hall–Kier alpha value is -2.93. The molecule has 29 heavy (non-hydrogen) atoms. The topological polar surface area (TPSA) is 76.4 Å². The lowest BCUT2D eigenvalue weighted by Crippen LogP contribution is -2.17. The first kappa shape index (κ1) is 19.4. The van der Waals surface area contributed by atoms with E-state index in [2.05, 4.69) is 10.1 Å². The van der Waals surface area contributed by atoms with Crippen molar-refractivity contribution in [1.29, 1.82) is 0 Å². The summed E-state index contributed by atoms with van der Waals surface area (Å²) in [6.07, 6.45) is 4.45. The van der Waals surface area contributed by atoms with E-state index in [0.29, 0.717) is 22.7 Å². The SMILES string of the molecule is CCOC(=O)c1c(/N=C/c2c(C)[nH]n(-c3ccc(C)cc3)c2=O)sc2c1CCC2. The van der Waals surface area contributed by atoms with E-state index in [-0.39, 0.29) is 11.5 Å². The Morgan fingerprint density at radius 3 is 2.76 bits per heavy atom. The van der Waals surface area contributed by atoms with Crippen LogP contribution in [0.15, 0.2) is 34.1 Å². The van der Waals surface area contributed by atoms with Gasteiger partial charge in [0.05, 0.1) is 23.4 Å². The second-order valence-electron chi connectivity index (χ2n) is 7.14. The van der Waals surface area contributed by atoms with Gasteiger partial charge in [-0.05, 0) is 57.7 Å². The van der Waals surface area contributed by atoms with Gasteiger partial charge in [-0.25, -0.2) is 14.5 Å². The van der Waals surface area contributed by atoms with Crippen LogP contribution < -0.4 is 5.56 Å². The molecular formula is C22H23N3O3S. The molecule has 1 aromatic carbocycles. The van der Waals surface area contributed by atoms with Crippen LogP contribution in [0.1, 0.15) is 51.0 Å². The highest BCUT2D eigenvalue weighted by molar-refractivity contribution is 7.16. The van der Waals surface area contributed by atoms with Crippen LogP contribution in [0.25, 0.3) is 5.69 Å². The second-order valence-corrected chi connectivity index (χ2v) is 8.23. The number of H-pyrrole nitrogens is 1. The van der Waals surface area contributed by atoms with E-state index in [1.54, 1.807) is 13.1 Å². The van der Waals surface area contributed by atoms with Gasteiger partial charge in [0.1, 0.15) is 5.00 Å². The van der Waals surface area contributed by atoms with Gasteiger partial charge in [0.15, 0.2) is 0 Å². The van der Waals surface area contributed by atoms with Gasteiger partial charge in [0.2, 0.25) is 0 Å². The zero-order valence-corrected chi connectivity index (χ0v) is 17.6. The quantitative estimate of drug-likeness (QED) is 0.505. The molecule has 0 amide bonds. The Labute approximate surface area is 172 Å². The lowest BCUT2D eigenvalue weighted by molar-refractivity contribution is 0.0527. The zero-order chi connectivity index (χ0) is 20.5. The lowest BCUT2D eigenvalue weighted by Gasteiger charge is -2.03. The van der Waals surface area contributed by atoms with E-state index in [4.69, 9.17) is 4.74 Å². The van der Waals surface area contributed by atoms with Crippen molar-refractivity contribution < 1.29 is 9.53 Å². The van der Waals surface area contributed by atoms with Crippen LogP contribution in [0, 0.1) is 13.8 Å². The zero-order valence-electron chi connectivity index (χ0n) is 16.7. The fraction of sp³-hybridized carbons (Fsp3) is 0.318. The molecule has 1 aliphatic rings. The molecule has 0 saturated carbocycles. The molecule has 0 aliphatic heterocycles. The lowest BCUT2D eigenvalue weighted by atomic mass is 10.1. The maximum atomic E-state index is 12.9. The number of thiophene rings is 1. The Morgan fingerprint density at radius 2 is 2.03 bits per heavy atom. The molecule has 0 saturated heterocycles. The van der Waals surface area contributed by atoms with Crippen LogP contribution >= 0.6 is 11.3 Å². The van der Waals surface area contributed by atoms with Crippen molar-refractivity contribution in [3.63, 3.8) is 0 Å². The minimum absolute atomic E-state index is 0.170. The predicted octanol–water partition coefficient (Wildman–Crippen LogP) is 4.26. The summed E-state index contributed by atoms with van der Waals surface area (Å²) in [4.78, 5) is 31.1. The molecule has 0 fully saturated rings. The van der Waals surface area contributed by atoms with Gasteiger partial charge in [0.25, 0.3) is 5.56 Å². The summed E-state index contributed by atoms with van der Waals surface area (Å²) < 4.78 is 6.76. The number of carbonyl (C=O) groups is 1. The summed E-state index contributed by atoms with van der Waals surface area (Å²) in [5, 5.41) is 3.73. The van der Waals surface area contributed by atoms with E-state index in [9.17, 15) is 9.59 Å². The highest BCUT2D eigenvalue weighted by atomic mass is 32.1. The van der Waals surface area contributed by atoms with Crippen molar-refractivity contribution >= 4 is 28.5 Å². The molecule has 1 N–H and O–H groups in total. The van der Waals surface area contributed by atoms with Crippen molar-refractivity contribution in [1.82, 2.24) is 9.78 Å². The number of benzene rings is 1. The summed E-state index contributed by atoms with van der Waals surface area (Å²) >= 11 is 1.52. The normalized spacial score (nSPS) is 13.2. The maximum absolute atomic E-state index is 12.9. The van der Waals surface area contributed by atoms with Gasteiger partial charge >= 0.3 is 5.97 Å². The molecule has 0 bridgehead atoms. The predicted molar refractivity (Wildman–Crippen MR) is 115 cm³/mol. The van der Waals surface area contributed by atoms with Gasteiger partial charge in [-0.1, -0.05) is 17.7 Å². The molecule has 0 unspecified atom stereocenters. The molecule has 0 radical (unpaired) electrons. The van der Waals surface area contributed by atoms with E-state index >= 15 is 0 Å². The first-order chi connectivity index (χ1) is 14.0. The molecule has 4 rings (SSSR count). The first-order valence-corrected chi connectivity index (χ1v) is 10.6. The van der Waals surface area contributed by atoms with Crippen molar-refractivity contribution in [2.75, 3.05) is 6.61 Å². The molecule has 7 heteroatoms.